The fraction of sp³-hybridized carbons (Fsp3) is 0.416. The lowest BCUT2D eigenvalue weighted by Crippen LogP contribution is -2.43. The van der Waals surface area contributed by atoms with Crippen LogP contribution in [0, 0.1) is 13.7 Å². The van der Waals surface area contributed by atoms with Crippen LogP contribution in [0.3, 0.4) is 0 Å². The lowest BCUT2D eigenvalue weighted by molar-refractivity contribution is 0.161. The summed E-state index contributed by atoms with van der Waals surface area (Å²) >= 11 is 3.59. The zero-order chi connectivity index (χ0) is 71.4. The Labute approximate surface area is 575 Å². The van der Waals surface area contributed by atoms with Gasteiger partial charge in [0.15, 0.2) is 0 Å². The van der Waals surface area contributed by atoms with Gasteiger partial charge in [-0.1, -0.05) is 241 Å². The molecule has 2 saturated carbocycles. The molecule has 6 aliphatic carbocycles. The molecular formula is C89H104BrNO2. The van der Waals surface area contributed by atoms with Gasteiger partial charge in [-0.25, -0.2) is 0 Å². The predicted molar refractivity (Wildman–Crippen MR) is 400 cm³/mol. The van der Waals surface area contributed by atoms with Gasteiger partial charge in [0.05, 0.1) is 0 Å². The van der Waals surface area contributed by atoms with Crippen molar-refractivity contribution in [3.05, 3.63) is 264 Å². The van der Waals surface area contributed by atoms with Crippen LogP contribution in [-0.4, -0.2) is 0 Å². The number of aryl methyl sites for hydroxylation is 2. The summed E-state index contributed by atoms with van der Waals surface area (Å²) in [6, 6.07) is 59.5. The van der Waals surface area contributed by atoms with Gasteiger partial charge >= 0.3 is 0 Å². The molecule has 0 aliphatic heterocycles. The Kier molecular flexibility index (Phi) is 15.4. The van der Waals surface area contributed by atoms with Gasteiger partial charge in [0.2, 0.25) is 0 Å². The van der Waals surface area contributed by atoms with Gasteiger partial charge < -0.3 is 13.7 Å². The van der Waals surface area contributed by atoms with E-state index in [0.717, 1.165) is 67.8 Å². The van der Waals surface area contributed by atoms with Gasteiger partial charge in [0.25, 0.3) is 0 Å². The molecule has 0 unspecified atom stereocenters. The summed E-state index contributed by atoms with van der Waals surface area (Å²) in [5, 5.41) is 2.51. The summed E-state index contributed by atoms with van der Waals surface area (Å²) in [5.74, 6) is 2.44. The molecule has 93 heavy (non-hydrogen) atoms. The second-order valence-electron chi connectivity index (χ2n) is 33.6. The SMILES string of the molecule is CC12CCC(C)(CC1)c1c2oc2ccc(Br)cc12.[2H]C([2H])([2H])c1cc(Cc2ccc(C(C)(C)C)cc2)cc(Cc2ccc(C(C)(C)C)cc2)c1.[2H]C([2H])([2H])c1cc(Cc2ccc(C(C)(C)C)cc2)cc(N(c2ccc(C(C)(C)C)cc2)c2ccc3oc4c(c3c2)C2(C)CCC4(C)CC2)c1. The van der Waals surface area contributed by atoms with Crippen molar-refractivity contribution in [1.82, 2.24) is 0 Å². The monoisotopic (exact) mass is 1300 g/mol. The minimum absolute atomic E-state index is 0.0138. The third-order valence-electron chi connectivity index (χ3n) is 21.8. The first-order valence-corrected chi connectivity index (χ1v) is 35.1. The van der Waals surface area contributed by atoms with Gasteiger partial charge in [-0.05, 0) is 239 Å². The average Bonchev–Trinajstić information content (AvgIpc) is 1.60. The first-order valence-electron chi connectivity index (χ1n) is 37.4. The van der Waals surface area contributed by atoms with Crippen LogP contribution in [0.1, 0.15) is 260 Å². The Hall–Kier alpha value is -6.88. The highest BCUT2D eigenvalue weighted by Crippen LogP contribution is 2.61. The summed E-state index contributed by atoms with van der Waals surface area (Å²) < 4.78 is 63.3. The van der Waals surface area contributed by atoms with E-state index < -0.39 is 13.7 Å². The quantitative estimate of drug-likeness (QED) is 0.144. The molecule has 10 aromatic rings. The third kappa shape index (κ3) is 13.7. The smallest absolute Gasteiger partial charge is 0.134 e. The van der Waals surface area contributed by atoms with E-state index in [4.69, 9.17) is 17.1 Å². The normalized spacial score (nSPS) is 22.0. The zero-order valence-electron chi connectivity index (χ0n) is 64.6. The van der Waals surface area contributed by atoms with Crippen molar-refractivity contribution in [2.45, 2.75) is 238 Å². The summed E-state index contributed by atoms with van der Waals surface area (Å²) in [6.45, 7) is 31.8. The van der Waals surface area contributed by atoms with Crippen LogP contribution >= 0.6 is 15.9 Å². The number of rotatable bonds is 9. The second kappa shape index (κ2) is 24.4. The number of nitrogens with zero attached hydrogens (tertiary/aromatic N) is 1. The number of anilines is 3. The molecule has 2 fully saturated rings. The summed E-state index contributed by atoms with van der Waals surface area (Å²) in [6.07, 6.45) is 11.9. The Morgan fingerprint density at radius 3 is 1.08 bits per heavy atom. The molecule has 0 radical (unpaired) electrons. The van der Waals surface area contributed by atoms with Crippen LogP contribution in [0.25, 0.3) is 21.9 Å². The highest BCUT2D eigenvalue weighted by atomic mass is 79.9. The van der Waals surface area contributed by atoms with Crippen molar-refractivity contribution in [3.63, 3.8) is 0 Å². The summed E-state index contributed by atoms with van der Waals surface area (Å²) in [7, 11) is 0. The van der Waals surface area contributed by atoms with E-state index in [9.17, 15) is 0 Å². The molecule has 0 spiro atoms. The summed E-state index contributed by atoms with van der Waals surface area (Å²) in [5.41, 5.74) is 21.4. The van der Waals surface area contributed by atoms with E-state index >= 15 is 0 Å². The van der Waals surface area contributed by atoms with Crippen LogP contribution in [0.5, 0.6) is 0 Å². The highest BCUT2D eigenvalue weighted by molar-refractivity contribution is 9.10. The minimum Gasteiger partial charge on any atom is -0.460 e. The third-order valence-corrected chi connectivity index (χ3v) is 22.3. The molecule has 0 saturated heterocycles. The van der Waals surface area contributed by atoms with Gasteiger partial charge in [0, 0.05) is 62.5 Å². The fourth-order valence-electron chi connectivity index (χ4n) is 15.5. The van der Waals surface area contributed by atoms with Gasteiger partial charge in [-0.2, -0.15) is 0 Å². The maximum atomic E-state index is 8.47. The van der Waals surface area contributed by atoms with Crippen LogP contribution in [0.2, 0.25) is 0 Å². The molecule has 4 bridgehead atoms. The molecule has 2 aromatic heterocycles. The first kappa shape index (κ1) is 58.7. The molecule has 4 heteroatoms. The molecule has 2 heterocycles. The average molecular weight is 1310 g/mol. The van der Waals surface area contributed by atoms with Crippen LogP contribution in [-0.2, 0) is 62.6 Å². The van der Waals surface area contributed by atoms with E-state index in [1.165, 1.54) is 118 Å². The minimum atomic E-state index is -2.25. The number of hydrogen-bond acceptors (Lipinski definition) is 3. The van der Waals surface area contributed by atoms with Gasteiger partial charge in [-0.3, -0.25) is 0 Å². The Bertz CT molecular complexity index is 4500. The van der Waals surface area contributed by atoms with E-state index in [2.05, 4.69) is 277 Å². The molecular weight excluding hydrogens is 1190 g/mol. The van der Waals surface area contributed by atoms with Crippen molar-refractivity contribution >= 4 is 54.9 Å². The van der Waals surface area contributed by atoms with Crippen molar-refractivity contribution < 1.29 is 17.1 Å². The van der Waals surface area contributed by atoms with Crippen molar-refractivity contribution in [1.29, 1.82) is 0 Å². The molecule has 0 N–H and O–H groups in total. The number of halogens is 1. The predicted octanol–water partition coefficient (Wildman–Crippen LogP) is 25.6. The number of hydrogen-bond donors (Lipinski definition) is 0. The second-order valence-corrected chi connectivity index (χ2v) is 34.5. The van der Waals surface area contributed by atoms with E-state index in [1.54, 1.807) is 0 Å². The first-order chi connectivity index (χ1) is 46.1. The molecule has 3 nitrogen and oxygen atoms in total. The Balaban J connectivity index is 0.000000158. The molecule has 0 atom stereocenters. The number of furan rings is 2. The molecule has 8 aromatic carbocycles. The van der Waals surface area contributed by atoms with E-state index in [0.29, 0.717) is 23.0 Å². The maximum absolute atomic E-state index is 8.47. The van der Waals surface area contributed by atoms with Gasteiger partial charge in [0.1, 0.15) is 22.7 Å². The van der Waals surface area contributed by atoms with Gasteiger partial charge in [-0.15, -0.1) is 0 Å². The van der Waals surface area contributed by atoms with Crippen molar-refractivity contribution in [3.8, 4) is 0 Å². The van der Waals surface area contributed by atoms with Crippen molar-refractivity contribution in [2.24, 2.45) is 0 Å². The fourth-order valence-corrected chi connectivity index (χ4v) is 15.9. The molecule has 484 valence electrons. The van der Waals surface area contributed by atoms with Crippen LogP contribution in [0.4, 0.5) is 17.1 Å². The van der Waals surface area contributed by atoms with E-state index in [-0.39, 0.29) is 37.9 Å². The van der Waals surface area contributed by atoms with Crippen LogP contribution in [0.15, 0.2) is 183 Å². The lowest BCUT2D eigenvalue weighted by atomic mass is 9.54. The van der Waals surface area contributed by atoms with E-state index in [1.807, 2.05) is 24.3 Å². The standard InChI is InChI=1S/C44H51NO.C29H36.C16H17BrO/c1-29-24-31(26-30-10-12-32(13-11-30)41(2,3)4)27-36(25-29)45(34-16-14-33(15-17-34)42(5,6)7)35-18-19-38-37(28-35)39-40(46-38)44(9)22-20-43(39,8)21-23-44;1-21-16-24(18-22-8-12-26(13-9-22)28(2,3)4)20-25(17-21)19-23-10-14-27(15-11-23)29(5,6)7;1-15-5-7-16(2,8-6-15)14-13(15)11-9-10(17)3-4-12(11)18-14/h10-19,24-25,27-28H,20-23,26H2,1-9H3;8-17,20H,18-19H2,1-7H3;3-4,9H,5-8H2,1-2H3/i2*1D3;. The lowest BCUT2D eigenvalue weighted by Gasteiger charge is -2.49. The van der Waals surface area contributed by atoms with Crippen LogP contribution < -0.4 is 4.90 Å². The topological polar surface area (TPSA) is 29.5 Å². The Morgan fingerprint density at radius 1 is 0.355 bits per heavy atom. The van der Waals surface area contributed by atoms with Crippen molar-refractivity contribution in [2.75, 3.05) is 4.90 Å². The highest BCUT2D eigenvalue weighted by Gasteiger charge is 2.52. The Morgan fingerprint density at radius 2 is 0.688 bits per heavy atom. The largest absolute Gasteiger partial charge is 0.460 e. The maximum Gasteiger partial charge on any atom is 0.134 e. The number of benzene rings is 8. The molecule has 0 amide bonds. The summed E-state index contributed by atoms with van der Waals surface area (Å²) in [4.78, 5) is 2.23. The zero-order valence-corrected chi connectivity index (χ0v) is 60.2. The molecule has 16 rings (SSSR count). The molecule has 6 aliphatic rings. The number of fused-ring (bicyclic) bond motifs is 6.